The lowest BCUT2D eigenvalue weighted by molar-refractivity contribution is -0.113. The van der Waals surface area contributed by atoms with Gasteiger partial charge in [-0.1, -0.05) is 30.0 Å². The number of nitrogens with zero attached hydrogens (tertiary/aromatic N) is 3. The molecule has 2 N–H and O–H groups in total. The molecule has 30 heavy (non-hydrogen) atoms. The van der Waals surface area contributed by atoms with Gasteiger partial charge in [0.1, 0.15) is 11.5 Å². The van der Waals surface area contributed by atoms with E-state index < -0.39 is 0 Å². The minimum Gasteiger partial charge on any atom is -0.497 e. The van der Waals surface area contributed by atoms with Crippen molar-refractivity contribution < 1.29 is 14.3 Å². The number of amides is 1. The van der Waals surface area contributed by atoms with Crippen LogP contribution in [0.4, 0.5) is 5.69 Å². The topological polar surface area (TPSA) is 94.1 Å². The summed E-state index contributed by atoms with van der Waals surface area (Å²) >= 11 is 1.32. The molecule has 2 heterocycles. The fourth-order valence-electron chi connectivity index (χ4n) is 3.16. The Morgan fingerprint density at radius 3 is 2.80 bits per heavy atom. The molecule has 9 heteroatoms. The SMILES string of the molecule is COc1ccc(OC)c(NC(=O)CSc2nnc(-c3c[nH]c4ccccc34)n2C)c1. The van der Waals surface area contributed by atoms with E-state index in [9.17, 15) is 4.79 Å². The van der Waals surface area contributed by atoms with Gasteiger partial charge in [0.2, 0.25) is 5.91 Å². The summed E-state index contributed by atoms with van der Waals surface area (Å²) < 4.78 is 12.4. The molecule has 0 aliphatic rings. The van der Waals surface area contributed by atoms with Crippen LogP contribution in [0.25, 0.3) is 22.3 Å². The number of nitrogens with one attached hydrogen (secondary N) is 2. The summed E-state index contributed by atoms with van der Waals surface area (Å²) in [7, 11) is 5.02. The van der Waals surface area contributed by atoms with Crippen LogP contribution < -0.4 is 14.8 Å². The first-order valence-corrected chi connectivity index (χ1v) is 10.2. The fraction of sp³-hybridized carbons (Fsp3) is 0.190. The van der Waals surface area contributed by atoms with Crippen molar-refractivity contribution in [2.45, 2.75) is 5.16 Å². The first-order chi connectivity index (χ1) is 14.6. The van der Waals surface area contributed by atoms with Crippen LogP contribution in [0, 0.1) is 0 Å². The molecule has 4 aromatic rings. The number of H-pyrrole nitrogens is 1. The van der Waals surface area contributed by atoms with Gasteiger partial charge in [-0.2, -0.15) is 0 Å². The van der Waals surface area contributed by atoms with Crippen LogP contribution in [-0.4, -0.2) is 45.6 Å². The van der Waals surface area contributed by atoms with Gasteiger partial charge in [-0.3, -0.25) is 4.79 Å². The van der Waals surface area contributed by atoms with Crippen molar-refractivity contribution in [1.82, 2.24) is 19.7 Å². The normalized spacial score (nSPS) is 10.9. The Hall–Kier alpha value is -3.46. The number of carbonyl (C=O) groups is 1. The van der Waals surface area contributed by atoms with Crippen LogP contribution in [0.3, 0.4) is 0 Å². The van der Waals surface area contributed by atoms with Crippen molar-refractivity contribution in [2.24, 2.45) is 7.05 Å². The zero-order chi connectivity index (χ0) is 21.1. The van der Waals surface area contributed by atoms with Crippen LogP contribution in [0.1, 0.15) is 0 Å². The number of hydrogen-bond acceptors (Lipinski definition) is 6. The highest BCUT2D eigenvalue weighted by atomic mass is 32.2. The molecular formula is C21H21N5O3S. The third kappa shape index (κ3) is 3.84. The lowest BCUT2D eigenvalue weighted by Crippen LogP contribution is -2.15. The average molecular weight is 423 g/mol. The number of para-hydroxylation sites is 1. The lowest BCUT2D eigenvalue weighted by Gasteiger charge is -2.11. The first kappa shape index (κ1) is 19.8. The fourth-order valence-corrected chi connectivity index (χ4v) is 3.87. The highest BCUT2D eigenvalue weighted by molar-refractivity contribution is 7.99. The van der Waals surface area contributed by atoms with E-state index in [1.807, 2.05) is 42.1 Å². The molecule has 154 valence electrons. The molecule has 2 aromatic carbocycles. The van der Waals surface area contributed by atoms with E-state index in [2.05, 4.69) is 20.5 Å². The van der Waals surface area contributed by atoms with Gasteiger partial charge in [0, 0.05) is 35.8 Å². The van der Waals surface area contributed by atoms with E-state index >= 15 is 0 Å². The van der Waals surface area contributed by atoms with Crippen molar-refractivity contribution in [3.63, 3.8) is 0 Å². The maximum atomic E-state index is 12.5. The second kappa shape index (κ2) is 8.50. The summed E-state index contributed by atoms with van der Waals surface area (Å²) in [4.78, 5) is 15.7. The number of hydrogen-bond donors (Lipinski definition) is 2. The summed E-state index contributed by atoms with van der Waals surface area (Å²) in [5.41, 5.74) is 2.56. The Balaban J connectivity index is 1.47. The number of fused-ring (bicyclic) bond motifs is 1. The van der Waals surface area contributed by atoms with Crippen LogP contribution in [0.15, 0.2) is 53.8 Å². The highest BCUT2D eigenvalue weighted by Crippen LogP contribution is 2.31. The Kier molecular flexibility index (Phi) is 5.62. The zero-order valence-corrected chi connectivity index (χ0v) is 17.6. The van der Waals surface area contributed by atoms with E-state index in [0.717, 1.165) is 22.3 Å². The Morgan fingerprint density at radius 1 is 1.17 bits per heavy atom. The number of carbonyl (C=O) groups excluding carboxylic acids is 1. The molecule has 1 amide bonds. The Morgan fingerprint density at radius 2 is 2.00 bits per heavy atom. The standard InChI is InChI=1S/C21H21N5O3S/c1-26-20(15-11-22-16-7-5-4-6-14(15)16)24-25-21(26)30-12-19(27)23-17-10-13(28-2)8-9-18(17)29-3/h4-11,22H,12H2,1-3H3,(H,23,27). The molecule has 0 unspecified atom stereocenters. The Bertz CT molecular complexity index is 1200. The number of rotatable bonds is 7. The summed E-state index contributed by atoms with van der Waals surface area (Å²) in [6.45, 7) is 0. The van der Waals surface area contributed by atoms with Gasteiger partial charge in [-0.05, 0) is 18.2 Å². The van der Waals surface area contributed by atoms with Crippen LogP contribution in [0.5, 0.6) is 11.5 Å². The third-order valence-electron chi connectivity index (χ3n) is 4.68. The molecule has 0 radical (unpaired) electrons. The van der Waals surface area contributed by atoms with E-state index in [0.29, 0.717) is 22.3 Å². The predicted octanol–water partition coefficient (Wildman–Crippen LogP) is 3.71. The third-order valence-corrected chi connectivity index (χ3v) is 5.70. The van der Waals surface area contributed by atoms with Gasteiger partial charge < -0.3 is 24.3 Å². The van der Waals surface area contributed by atoms with E-state index in [4.69, 9.17) is 9.47 Å². The van der Waals surface area contributed by atoms with Crippen molar-refractivity contribution in [3.05, 3.63) is 48.7 Å². The van der Waals surface area contributed by atoms with Crippen LogP contribution in [-0.2, 0) is 11.8 Å². The minimum absolute atomic E-state index is 0.178. The molecule has 8 nitrogen and oxygen atoms in total. The number of ether oxygens (including phenoxy) is 2. The average Bonchev–Trinajstić information content (AvgIpc) is 3.35. The molecular weight excluding hydrogens is 402 g/mol. The summed E-state index contributed by atoms with van der Waals surface area (Å²) in [5.74, 6) is 1.94. The number of aromatic amines is 1. The molecule has 0 spiro atoms. The number of thioether (sulfide) groups is 1. The van der Waals surface area contributed by atoms with Gasteiger partial charge >= 0.3 is 0 Å². The van der Waals surface area contributed by atoms with Gasteiger partial charge in [0.25, 0.3) is 0 Å². The summed E-state index contributed by atoms with van der Waals surface area (Å²) in [6.07, 6.45) is 1.92. The second-order valence-electron chi connectivity index (χ2n) is 6.52. The maximum Gasteiger partial charge on any atom is 0.234 e. The van der Waals surface area contributed by atoms with Crippen LogP contribution in [0.2, 0.25) is 0 Å². The molecule has 0 bridgehead atoms. The van der Waals surface area contributed by atoms with Crippen molar-refractivity contribution >= 4 is 34.3 Å². The number of aromatic nitrogens is 4. The monoisotopic (exact) mass is 423 g/mol. The maximum absolute atomic E-state index is 12.5. The highest BCUT2D eigenvalue weighted by Gasteiger charge is 2.16. The van der Waals surface area contributed by atoms with E-state index in [-0.39, 0.29) is 11.7 Å². The van der Waals surface area contributed by atoms with Gasteiger partial charge in [-0.25, -0.2) is 0 Å². The molecule has 4 rings (SSSR count). The number of anilines is 1. The van der Waals surface area contributed by atoms with E-state index in [1.165, 1.54) is 11.8 Å². The zero-order valence-electron chi connectivity index (χ0n) is 16.8. The Labute approximate surface area is 177 Å². The predicted molar refractivity (Wildman–Crippen MR) is 117 cm³/mol. The second-order valence-corrected chi connectivity index (χ2v) is 7.46. The molecule has 0 atom stereocenters. The number of benzene rings is 2. The number of methoxy groups -OCH3 is 2. The molecule has 0 fully saturated rings. The molecule has 0 aliphatic carbocycles. The van der Waals surface area contributed by atoms with Crippen molar-refractivity contribution in [3.8, 4) is 22.9 Å². The molecule has 0 aliphatic heterocycles. The first-order valence-electron chi connectivity index (χ1n) is 9.21. The van der Waals surface area contributed by atoms with E-state index in [1.54, 1.807) is 32.4 Å². The quantitative estimate of drug-likeness (QED) is 0.440. The van der Waals surface area contributed by atoms with Gasteiger partial charge in [0.15, 0.2) is 11.0 Å². The molecule has 2 aromatic heterocycles. The summed E-state index contributed by atoms with van der Waals surface area (Å²) in [6, 6.07) is 13.3. The van der Waals surface area contributed by atoms with Crippen molar-refractivity contribution in [2.75, 3.05) is 25.3 Å². The van der Waals surface area contributed by atoms with Crippen molar-refractivity contribution in [1.29, 1.82) is 0 Å². The summed E-state index contributed by atoms with van der Waals surface area (Å²) in [5, 5.41) is 13.2. The van der Waals surface area contributed by atoms with Gasteiger partial charge in [0.05, 0.1) is 25.7 Å². The smallest absolute Gasteiger partial charge is 0.234 e. The molecule has 0 saturated heterocycles. The largest absolute Gasteiger partial charge is 0.497 e. The minimum atomic E-state index is -0.178. The molecule has 0 saturated carbocycles. The lowest BCUT2D eigenvalue weighted by atomic mass is 10.1. The van der Waals surface area contributed by atoms with Gasteiger partial charge in [-0.15, -0.1) is 10.2 Å². The van der Waals surface area contributed by atoms with Crippen LogP contribution >= 0.6 is 11.8 Å².